The number of benzene rings is 2. The van der Waals surface area contributed by atoms with Gasteiger partial charge in [-0.25, -0.2) is 9.07 Å². The molecule has 1 amide bonds. The number of anilines is 1. The van der Waals surface area contributed by atoms with E-state index in [1.54, 1.807) is 16.8 Å². The largest absolute Gasteiger partial charge is 0.368 e. The summed E-state index contributed by atoms with van der Waals surface area (Å²) in [4.78, 5) is 16.9. The molecular weight excluding hydrogens is 431 g/mol. The number of hydrogen-bond donors (Lipinski definition) is 1. The number of amides is 1. The normalized spacial score (nSPS) is 20.2. The fourth-order valence-electron chi connectivity index (χ4n) is 4.68. The Kier molecular flexibility index (Phi) is 5.73. The molecular formula is C23H26ClFN6O. The van der Waals surface area contributed by atoms with Crippen LogP contribution in [-0.4, -0.2) is 64.6 Å². The van der Waals surface area contributed by atoms with E-state index in [0.29, 0.717) is 23.7 Å². The maximum absolute atomic E-state index is 14.5. The van der Waals surface area contributed by atoms with E-state index in [0.717, 1.165) is 49.2 Å². The third-order valence-corrected chi connectivity index (χ3v) is 6.78. The molecule has 3 heterocycles. The number of carbonyl (C=O) groups is 1. The number of rotatable bonds is 4. The van der Waals surface area contributed by atoms with Crippen LogP contribution in [0, 0.1) is 5.82 Å². The molecule has 0 saturated carbocycles. The summed E-state index contributed by atoms with van der Waals surface area (Å²) in [5, 5.41) is 12.2. The maximum atomic E-state index is 14.5. The van der Waals surface area contributed by atoms with Crippen molar-refractivity contribution < 1.29 is 9.18 Å². The molecule has 3 aromatic rings. The van der Waals surface area contributed by atoms with Crippen molar-refractivity contribution >= 4 is 34.2 Å². The van der Waals surface area contributed by atoms with Crippen LogP contribution in [0.25, 0.3) is 11.0 Å². The number of carbonyl (C=O) groups excluding carboxylic acids is 1. The van der Waals surface area contributed by atoms with Crippen LogP contribution in [0.5, 0.6) is 0 Å². The molecule has 2 aliphatic heterocycles. The van der Waals surface area contributed by atoms with Crippen molar-refractivity contribution in [2.24, 2.45) is 0 Å². The highest BCUT2D eigenvalue weighted by Gasteiger charge is 2.29. The topological polar surface area (TPSA) is 66.3 Å². The molecule has 0 bridgehead atoms. The zero-order chi connectivity index (χ0) is 22.2. The van der Waals surface area contributed by atoms with Gasteiger partial charge in [0.25, 0.3) is 0 Å². The Balaban J connectivity index is 1.34. The number of fused-ring (bicyclic) bond motifs is 1. The smallest absolute Gasteiger partial charge is 0.239 e. The molecule has 168 valence electrons. The highest BCUT2D eigenvalue weighted by molar-refractivity contribution is 6.30. The summed E-state index contributed by atoms with van der Waals surface area (Å²) in [6.45, 7) is 5.78. The fraction of sp³-hybridized carbons (Fsp3) is 0.435. The quantitative estimate of drug-likeness (QED) is 0.653. The number of nitrogens with one attached hydrogen (secondary N) is 1. The monoisotopic (exact) mass is 456 g/mol. The summed E-state index contributed by atoms with van der Waals surface area (Å²) >= 11 is 5.91. The van der Waals surface area contributed by atoms with Crippen molar-refractivity contribution in [2.45, 2.75) is 31.8 Å². The van der Waals surface area contributed by atoms with E-state index in [1.165, 1.54) is 6.07 Å². The van der Waals surface area contributed by atoms with Gasteiger partial charge in [0.2, 0.25) is 5.91 Å². The van der Waals surface area contributed by atoms with Crippen LogP contribution in [0.4, 0.5) is 10.1 Å². The first-order valence-electron chi connectivity index (χ1n) is 11.1. The predicted molar refractivity (Wildman–Crippen MR) is 123 cm³/mol. The van der Waals surface area contributed by atoms with Gasteiger partial charge in [-0.1, -0.05) is 22.9 Å². The fourth-order valence-corrected chi connectivity index (χ4v) is 4.84. The van der Waals surface area contributed by atoms with Crippen molar-refractivity contribution in [3.8, 4) is 0 Å². The van der Waals surface area contributed by atoms with E-state index in [2.05, 4.69) is 26.6 Å². The molecule has 2 atom stereocenters. The molecule has 1 unspecified atom stereocenters. The highest BCUT2D eigenvalue weighted by Crippen LogP contribution is 2.28. The lowest BCUT2D eigenvalue weighted by atomic mass is 10.1. The van der Waals surface area contributed by atoms with Gasteiger partial charge < -0.3 is 15.1 Å². The minimum atomic E-state index is -0.359. The second-order valence-corrected chi connectivity index (χ2v) is 8.95. The van der Waals surface area contributed by atoms with Crippen LogP contribution in [-0.2, 0) is 4.79 Å². The third kappa shape index (κ3) is 3.93. The lowest BCUT2D eigenvalue weighted by Gasteiger charge is -2.37. The molecule has 5 rings (SSSR count). The Hall–Kier alpha value is -2.71. The Bertz CT molecular complexity index is 1140. The summed E-state index contributed by atoms with van der Waals surface area (Å²) in [5.74, 6) is -0.138. The van der Waals surface area contributed by atoms with Crippen molar-refractivity contribution in [3.63, 3.8) is 0 Å². The van der Waals surface area contributed by atoms with Crippen LogP contribution in [0.2, 0.25) is 5.02 Å². The van der Waals surface area contributed by atoms with Crippen molar-refractivity contribution in [3.05, 3.63) is 52.8 Å². The predicted octanol–water partition coefficient (Wildman–Crippen LogP) is 3.23. The highest BCUT2D eigenvalue weighted by atomic mass is 35.5. The van der Waals surface area contributed by atoms with Crippen molar-refractivity contribution in [1.29, 1.82) is 0 Å². The molecule has 1 N–H and O–H groups in total. The van der Waals surface area contributed by atoms with Crippen molar-refractivity contribution in [1.82, 2.24) is 25.2 Å². The maximum Gasteiger partial charge on any atom is 0.239 e. The Morgan fingerprint density at radius 3 is 2.72 bits per heavy atom. The zero-order valence-electron chi connectivity index (χ0n) is 18.0. The zero-order valence-corrected chi connectivity index (χ0v) is 18.7. The Morgan fingerprint density at radius 2 is 2.00 bits per heavy atom. The number of halogens is 2. The van der Waals surface area contributed by atoms with Crippen molar-refractivity contribution in [2.75, 3.05) is 37.6 Å². The van der Waals surface area contributed by atoms with Gasteiger partial charge in [0.05, 0.1) is 17.6 Å². The minimum absolute atomic E-state index is 0.0203. The molecule has 1 aromatic heterocycles. The van der Waals surface area contributed by atoms with Gasteiger partial charge >= 0.3 is 0 Å². The lowest BCUT2D eigenvalue weighted by Crippen LogP contribution is -2.53. The number of aromatic nitrogens is 3. The molecule has 0 spiro atoms. The number of nitrogens with zero attached hydrogens (tertiary/aromatic N) is 5. The second-order valence-electron chi connectivity index (χ2n) is 8.51. The second kappa shape index (κ2) is 8.67. The first kappa shape index (κ1) is 21.2. The average molecular weight is 457 g/mol. The molecule has 2 aliphatic rings. The van der Waals surface area contributed by atoms with Gasteiger partial charge in [0.1, 0.15) is 11.3 Å². The van der Waals surface area contributed by atoms with Gasteiger partial charge in [-0.2, -0.15) is 0 Å². The van der Waals surface area contributed by atoms with Gasteiger partial charge in [-0.15, -0.1) is 5.10 Å². The first-order valence-corrected chi connectivity index (χ1v) is 11.5. The SMILES string of the molecule is CC(c1ccc(Cl)cc1F)n1nnc2ccc(N3CCN(C(=O)[C@H]4CCCN4)CC3)cc21. The van der Waals surface area contributed by atoms with Crippen LogP contribution < -0.4 is 10.2 Å². The molecule has 32 heavy (non-hydrogen) atoms. The molecule has 0 radical (unpaired) electrons. The summed E-state index contributed by atoms with van der Waals surface area (Å²) in [6.07, 6.45) is 2.00. The first-order chi connectivity index (χ1) is 15.5. The van der Waals surface area contributed by atoms with Crippen LogP contribution in [0.15, 0.2) is 36.4 Å². The van der Waals surface area contributed by atoms with E-state index < -0.39 is 0 Å². The van der Waals surface area contributed by atoms with E-state index >= 15 is 0 Å². The van der Waals surface area contributed by atoms with Gasteiger partial charge in [-0.3, -0.25) is 4.79 Å². The standard InChI is InChI=1S/C23H26ClFN6O/c1-15(18-6-4-16(24)13-19(18)25)31-22-14-17(5-7-20(22)27-28-31)29-9-11-30(12-10-29)23(32)21-3-2-8-26-21/h4-7,13-15,21,26H,2-3,8-12H2,1H3/t15?,21-/m1/s1. The summed E-state index contributed by atoms with van der Waals surface area (Å²) < 4.78 is 16.2. The molecule has 2 saturated heterocycles. The van der Waals surface area contributed by atoms with E-state index in [4.69, 9.17) is 11.6 Å². The Morgan fingerprint density at radius 1 is 1.19 bits per heavy atom. The average Bonchev–Trinajstić information content (AvgIpc) is 3.48. The van der Waals surface area contributed by atoms with Gasteiger partial charge in [0.15, 0.2) is 0 Å². The number of hydrogen-bond acceptors (Lipinski definition) is 5. The summed E-state index contributed by atoms with van der Waals surface area (Å²) in [5.41, 5.74) is 3.17. The molecule has 9 heteroatoms. The third-order valence-electron chi connectivity index (χ3n) is 6.55. The lowest BCUT2D eigenvalue weighted by molar-refractivity contribution is -0.133. The number of piperazine rings is 1. The van der Waals surface area contributed by atoms with E-state index in [-0.39, 0.29) is 23.8 Å². The van der Waals surface area contributed by atoms with Gasteiger partial charge in [-0.05, 0) is 56.6 Å². The van der Waals surface area contributed by atoms with Crippen LogP contribution >= 0.6 is 11.6 Å². The van der Waals surface area contributed by atoms with Crippen LogP contribution in [0.3, 0.4) is 0 Å². The van der Waals surface area contributed by atoms with Gasteiger partial charge in [0, 0.05) is 42.5 Å². The molecule has 0 aliphatic carbocycles. The summed E-state index contributed by atoms with van der Waals surface area (Å²) in [7, 11) is 0. The molecule has 2 fully saturated rings. The van der Waals surface area contributed by atoms with Crippen LogP contribution in [0.1, 0.15) is 31.4 Å². The molecule has 2 aromatic carbocycles. The van der Waals surface area contributed by atoms with E-state index in [1.807, 2.05) is 24.0 Å². The Labute approximate surface area is 191 Å². The van der Waals surface area contributed by atoms with E-state index in [9.17, 15) is 9.18 Å². The molecule has 7 nitrogen and oxygen atoms in total. The summed E-state index contributed by atoms with van der Waals surface area (Å²) in [6, 6.07) is 10.4. The minimum Gasteiger partial charge on any atom is -0.368 e.